The third kappa shape index (κ3) is 4.13. The van der Waals surface area contributed by atoms with Crippen LogP contribution in [0.5, 0.6) is 0 Å². The van der Waals surface area contributed by atoms with Crippen LogP contribution < -0.4 is 11.1 Å². The molecule has 5 nitrogen and oxygen atoms in total. The summed E-state index contributed by atoms with van der Waals surface area (Å²) in [6.45, 7) is 3.76. The van der Waals surface area contributed by atoms with Gasteiger partial charge in [0.1, 0.15) is 17.8 Å². The lowest BCUT2D eigenvalue weighted by molar-refractivity contribution is -0.121. The molecule has 0 aromatic heterocycles. The van der Waals surface area contributed by atoms with Crippen LogP contribution in [0.3, 0.4) is 0 Å². The van der Waals surface area contributed by atoms with Gasteiger partial charge in [0.25, 0.3) is 0 Å². The summed E-state index contributed by atoms with van der Waals surface area (Å²) in [7, 11) is 0. The van der Waals surface area contributed by atoms with Crippen LogP contribution in [-0.4, -0.2) is 5.91 Å². The molecule has 0 saturated carbocycles. The highest BCUT2D eigenvalue weighted by Gasteiger charge is 2.09. The molecule has 5 heteroatoms. The molecule has 0 spiro atoms. The van der Waals surface area contributed by atoms with E-state index in [1.807, 2.05) is 13.8 Å². The molecule has 0 rings (SSSR count). The number of nitrogens with zero attached hydrogens (tertiary/aromatic N) is 2. The topological polar surface area (TPSA) is 103 Å². The number of carbonyl (C=O) groups is 1. The van der Waals surface area contributed by atoms with E-state index in [2.05, 4.69) is 5.32 Å². The summed E-state index contributed by atoms with van der Waals surface area (Å²) in [6, 6.07) is 3.25. The number of nitriles is 2. The summed E-state index contributed by atoms with van der Waals surface area (Å²) in [4.78, 5) is 11.2. The van der Waals surface area contributed by atoms with E-state index < -0.39 is 0 Å². The van der Waals surface area contributed by atoms with Gasteiger partial charge >= 0.3 is 0 Å². The van der Waals surface area contributed by atoms with Gasteiger partial charge < -0.3 is 11.1 Å². The van der Waals surface area contributed by atoms with Crippen LogP contribution in [0.25, 0.3) is 0 Å². The van der Waals surface area contributed by atoms with Crippen LogP contribution in [0.4, 0.5) is 0 Å². The number of allylic oxidation sites excluding steroid dienone is 2. The fourth-order valence-electron chi connectivity index (χ4n) is 0.773. The van der Waals surface area contributed by atoms with Crippen LogP contribution in [0.1, 0.15) is 20.3 Å². The second-order valence-corrected chi connectivity index (χ2v) is 3.16. The van der Waals surface area contributed by atoms with Crippen molar-refractivity contribution in [3.8, 4) is 12.1 Å². The Hall–Kier alpha value is -2.01. The summed E-state index contributed by atoms with van der Waals surface area (Å²) in [5.74, 6) is -0.118. The van der Waals surface area contributed by atoms with Crippen molar-refractivity contribution >= 4 is 5.91 Å². The maximum absolute atomic E-state index is 11.2. The summed E-state index contributed by atoms with van der Waals surface area (Å²) >= 11 is 0. The van der Waals surface area contributed by atoms with Gasteiger partial charge in [0.05, 0.1) is 0 Å². The second-order valence-electron chi connectivity index (χ2n) is 3.16. The average molecular weight is 192 g/mol. The van der Waals surface area contributed by atoms with Crippen LogP contribution in [-0.2, 0) is 4.79 Å². The standard InChI is InChI=1S/C9H12N4O/c1-6(2)3-9(14)13-8(5-11)7(12)4-10/h6H,3,12H2,1-2H3,(H,13,14)/b8-7-. The van der Waals surface area contributed by atoms with Gasteiger partial charge in [0, 0.05) is 6.42 Å². The molecule has 0 aromatic carbocycles. The Bertz CT molecular complexity index is 330. The predicted octanol–water partition coefficient (Wildman–Crippen LogP) is 0.366. The highest BCUT2D eigenvalue weighted by molar-refractivity contribution is 5.79. The molecule has 0 aromatic rings. The Kier molecular flexibility index (Phi) is 4.80. The average Bonchev–Trinajstić information content (AvgIpc) is 2.11. The largest absolute Gasteiger partial charge is 0.388 e. The smallest absolute Gasteiger partial charge is 0.225 e. The van der Waals surface area contributed by atoms with E-state index in [0.29, 0.717) is 6.42 Å². The third-order valence-corrected chi connectivity index (χ3v) is 1.36. The Morgan fingerprint density at radius 1 is 1.43 bits per heavy atom. The summed E-state index contributed by atoms with van der Waals surface area (Å²) in [6.07, 6.45) is 0.296. The molecule has 3 N–H and O–H groups in total. The van der Waals surface area contributed by atoms with Crippen molar-refractivity contribution in [2.24, 2.45) is 11.7 Å². The van der Waals surface area contributed by atoms with E-state index in [-0.39, 0.29) is 23.2 Å². The Labute approximate surface area is 82.8 Å². The zero-order valence-corrected chi connectivity index (χ0v) is 8.16. The molecule has 0 aliphatic rings. The van der Waals surface area contributed by atoms with Crippen LogP contribution in [0.15, 0.2) is 11.4 Å². The van der Waals surface area contributed by atoms with Gasteiger partial charge in [-0.15, -0.1) is 0 Å². The first kappa shape index (κ1) is 12.0. The molecule has 0 saturated heterocycles. The first-order valence-corrected chi connectivity index (χ1v) is 4.11. The zero-order chi connectivity index (χ0) is 11.1. The summed E-state index contributed by atoms with van der Waals surface area (Å²) in [5.41, 5.74) is 4.73. The van der Waals surface area contributed by atoms with Crippen LogP contribution >= 0.6 is 0 Å². The lowest BCUT2D eigenvalue weighted by Crippen LogP contribution is -2.25. The van der Waals surface area contributed by atoms with Gasteiger partial charge in [-0.2, -0.15) is 10.5 Å². The van der Waals surface area contributed by atoms with E-state index in [4.69, 9.17) is 16.3 Å². The summed E-state index contributed by atoms with van der Waals surface area (Å²) < 4.78 is 0. The van der Waals surface area contributed by atoms with Crippen LogP contribution in [0, 0.1) is 28.6 Å². The van der Waals surface area contributed by atoms with Gasteiger partial charge in [-0.1, -0.05) is 13.8 Å². The van der Waals surface area contributed by atoms with E-state index in [1.54, 1.807) is 12.1 Å². The maximum Gasteiger partial charge on any atom is 0.225 e. The molecule has 14 heavy (non-hydrogen) atoms. The number of nitrogens with one attached hydrogen (secondary N) is 1. The van der Waals surface area contributed by atoms with Crippen molar-refractivity contribution in [2.75, 3.05) is 0 Å². The minimum atomic E-state index is -0.310. The molecule has 0 aliphatic carbocycles. The molecule has 0 fully saturated rings. The van der Waals surface area contributed by atoms with Gasteiger partial charge in [0.15, 0.2) is 5.70 Å². The van der Waals surface area contributed by atoms with Crippen molar-refractivity contribution < 1.29 is 4.79 Å². The van der Waals surface area contributed by atoms with E-state index in [9.17, 15) is 4.79 Å². The highest BCUT2D eigenvalue weighted by Crippen LogP contribution is 2.00. The van der Waals surface area contributed by atoms with Gasteiger partial charge in [-0.3, -0.25) is 4.79 Å². The molecular formula is C9H12N4O. The monoisotopic (exact) mass is 192 g/mol. The lowest BCUT2D eigenvalue weighted by Gasteiger charge is -2.05. The molecule has 0 atom stereocenters. The molecule has 1 amide bonds. The SMILES string of the molecule is CC(C)CC(=O)N/C(C#N)=C(\N)C#N. The first-order valence-electron chi connectivity index (χ1n) is 4.11. The number of carbonyl (C=O) groups excluding carboxylic acids is 1. The van der Waals surface area contributed by atoms with Crippen LogP contribution in [0.2, 0.25) is 0 Å². The fraction of sp³-hybridized carbons (Fsp3) is 0.444. The molecule has 0 radical (unpaired) electrons. The molecule has 74 valence electrons. The quantitative estimate of drug-likeness (QED) is 0.630. The molecule has 0 heterocycles. The fourth-order valence-corrected chi connectivity index (χ4v) is 0.773. The molecular weight excluding hydrogens is 180 g/mol. The summed E-state index contributed by atoms with van der Waals surface area (Å²) in [5, 5.41) is 19.2. The number of hydrogen-bond acceptors (Lipinski definition) is 4. The maximum atomic E-state index is 11.2. The minimum Gasteiger partial charge on any atom is -0.388 e. The number of amides is 1. The highest BCUT2D eigenvalue weighted by atomic mass is 16.1. The predicted molar refractivity (Wildman–Crippen MR) is 50.0 cm³/mol. The Morgan fingerprint density at radius 2 is 2.00 bits per heavy atom. The zero-order valence-electron chi connectivity index (χ0n) is 8.16. The lowest BCUT2D eigenvalue weighted by atomic mass is 10.1. The van der Waals surface area contributed by atoms with Crippen molar-refractivity contribution in [1.29, 1.82) is 10.5 Å². The van der Waals surface area contributed by atoms with Gasteiger partial charge in [-0.25, -0.2) is 0 Å². The minimum absolute atomic E-state index is 0.182. The van der Waals surface area contributed by atoms with E-state index in [1.165, 1.54) is 0 Å². The third-order valence-electron chi connectivity index (χ3n) is 1.36. The van der Waals surface area contributed by atoms with Crippen molar-refractivity contribution in [3.05, 3.63) is 11.4 Å². The van der Waals surface area contributed by atoms with Gasteiger partial charge in [-0.05, 0) is 5.92 Å². The van der Waals surface area contributed by atoms with E-state index >= 15 is 0 Å². The molecule has 0 unspecified atom stereocenters. The van der Waals surface area contributed by atoms with Crippen molar-refractivity contribution in [1.82, 2.24) is 5.32 Å². The second kappa shape index (κ2) is 5.60. The van der Waals surface area contributed by atoms with Crippen molar-refractivity contribution in [3.63, 3.8) is 0 Å². The van der Waals surface area contributed by atoms with E-state index in [0.717, 1.165) is 0 Å². The number of nitrogens with two attached hydrogens (primary N) is 1. The molecule has 0 aliphatic heterocycles. The molecule has 0 bridgehead atoms. The van der Waals surface area contributed by atoms with Crippen molar-refractivity contribution in [2.45, 2.75) is 20.3 Å². The number of rotatable bonds is 3. The van der Waals surface area contributed by atoms with Gasteiger partial charge in [0.2, 0.25) is 5.91 Å². The number of hydrogen-bond donors (Lipinski definition) is 2. The normalized spacial score (nSPS) is 11.2. The Morgan fingerprint density at radius 3 is 2.36 bits per heavy atom. The Balaban J connectivity index is 4.46. The first-order chi connectivity index (χ1) is 6.51.